The van der Waals surface area contributed by atoms with E-state index in [4.69, 9.17) is 14.2 Å². The van der Waals surface area contributed by atoms with Crippen LogP contribution >= 0.6 is 24.0 Å². The van der Waals surface area contributed by atoms with Gasteiger partial charge >= 0.3 is 0 Å². The molecule has 1 aliphatic rings. The molecule has 0 aromatic heterocycles. The molecule has 1 aromatic carbocycles. The van der Waals surface area contributed by atoms with E-state index in [0.29, 0.717) is 17.5 Å². The number of aliphatic imine (C=N–C) groups is 1. The van der Waals surface area contributed by atoms with Crippen molar-refractivity contribution in [3.63, 3.8) is 0 Å². The largest absolute Gasteiger partial charge is 0.493 e. The first-order chi connectivity index (χ1) is 12.6. The highest BCUT2D eigenvalue weighted by Gasteiger charge is 2.19. The first-order valence-corrected chi connectivity index (χ1v) is 9.37. The predicted molar refractivity (Wildman–Crippen MR) is 121 cm³/mol. The minimum absolute atomic E-state index is 0. The summed E-state index contributed by atoms with van der Waals surface area (Å²) in [6, 6.07) is 4.45. The van der Waals surface area contributed by atoms with Crippen LogP contribution in [0.2, 0.25) is 0 Å². The molecule has 0 unspecified atom stereocenters. The van der Waals surface area contributed by atoms with Gasteiger partial charge in [0.05, 0.1) is 21.3 Å². The summed E-state index contributed by atoms with van der Waals surface area (Å²) in [6.45, 7) is 3.09. The Bertz CT molecular complexity index is 602. The van der Waals surface area contributed by atoms with Crippen LogP contribution in [0.3, 0.4) is 0 Å². The number of halogens is 1. The number of ether oxygens (including phenoxy) is 3. The highest BCUT2D eigenvalue weighted by Crippen LogP contribution is 2.39. The summed E-state index contributed by atoms with van der Waals surface area (Å²) >= 11 is 0. The molecular formula is C20H34IN3O3. The average Bonchev–Trinajstić information content (AvgIpc) is 2.67. The van der Waals surface area contributed by atoms with Gasteiger partial charge in [-0.25, -0.2) is 0 Å². The number of rotatable bonds is 7. The molecule has 154 valence electrons. The van der Waals surface area contributed by atoms with E-state index in [-0.39, 0.29) is 24.0 Å². The van der Waals surface area contributed by atoms with Gasteiger partial charge in [-0.3, -0.25) is 4.99 Å². The second kappa shape index (κ2) is 12.2. The topological polar surface area (TPSA) is 64.1 Å². The highest BCUT2D eigenvalue weighted by molar-refractivity contribution is 14.0. The highest BCUT2D eigenvalue weighted by atomic mass is 127. The summed E-state index contributed by atoms with van der Waals surface area (Å²) in [4.78, 5) is 4.35. The Hall–Kier alpha value is -1.38. The van der Waals surface area contributed by atoms with Gasteiger partial charge in [0.15, 0.2) is 17.5 Å². The van der Waals surface area contributed by atoms with Crippen LogP contribution in [0.5, 0.6) is 17.2 Å². The maximum absolute atomic E-state index is 5.55. The normalized spacial score (nSPS) is 19.7. The molecule has 27 heavy (non-hydrogen) atoms. The first kappa shape index (κ1) is 23.7. The second-order valence-corrected chi connectivity index (χ2v) is 6.84. The SMILES string of the molecule is CN=C(NCCc1ccc(OC)c(OC)c1OC)NC1CCC(C)CC1.I. The van der Waals surface area contributed by atoms with E-state index in [1.807, 2.05) is 19.2 Å². The third-order valence-corrected chi connectivity index (χ3v) is 5.05. The lowest BCUT2D eigenvalue weighted by Crippen LogP contribution is -2.45. The standard InChI is InChI=1S/C20H33N3O3.HI/c1-14-6-9-16(10-7-14)23-20(21-2)22-13-12-15-8-11-17(24-3)19(26-5)18(15)25-4;/h8,11,14,16H,6-7,9-10,12-13H2,1-5H3,(H2,21,22,23);1H. The van der Waals surface area contributed by atoms with Crippen molar-refractivity contribution in [3.8, 4) is 17.2 Å². The molecule has 7 heteroatoms. The van der Waals surface area contributed by atoms with Crippen LogP contribution < -0.4 is 24.8 Å². The number of nitrogens with one attached hydrogen (secondary N) is 2. The summed E-state index contributed by atoms with van der Waals surface area (Å²) < 4.78 is 16.3. The quantitative estimate of drug-likeness (QED) is 0.347. The van der Waals surface area contributed by atoms with Crippen LogP contribution in [0.15, 0.2) is 17.1 Å². The molecule has 1 aliphatic carbocycles. The number of methoxy groups -OCH3 is 3. The minimum Gasteiger partial charge on any atom is -0.493 e. The smallest absolute Gasteiger partial charge is 0.203 e. The van der Waals surface area contributed by atoms with Gasteiger partial charge in [-0.15, -0.1) is 24.0 Å². The molecule has 6 nitrogen and oxygen atoms in total. The molecule has 1 saturated carbocycles. The summed E-state index contributed by atoms with van der Waals surface area (Å²) in [6.07, 6.45) is 5.80. The van der Waals surface area contributed by atoms with Gasteiger partial charge in [-0.2, -0.15) is 0 Å². The van der Waals surface area contributed by atoms with Gasteiger partial charge in [0.2, 0.25) is 5.75 Å². The zero-order valence-electron chi connectivity index (χ0n) is 17.1. The monoisotopic (exact) mass is 491 g/mol. The minimum atomic E-state index is 0. The van der Waals surface area contributed by atoms with Crippen LogP contribution in [0.25, 0.3) is 0 Å². The molecule has 0 saturated heterocycles. The van der Waals surface area contributed by atoms with E-state index in [1.165, 1.54) is 25.7 Å². The van der Waals surface area contributed by atoms with Gasteiger partial charge in [0, 0.05) is 25.2 Å². The van der Waals surface area contributed by atoms with Crippen molar-refractivity contribution in [2.75, 3.05) is 34.9 Å². The number of nitrogens with zero attached hydrogens (tertiary/aromatic N) is 1. The van der Waals surface area contributed by atoms with Crippen molar-refractivity contribution in [2.24, 2.45) is 10.9 Å². The lowest BCUT2D eigenvalue weighted by atomic mass is 9.87. The van der Waals surface area contributed by atoms with E-state index in [2.05, 4.69) is 22.5 Å². The Morgan fingerprint density at radius 2 is 1.70 bits per heavy atom. The second-order valence-electron chi connectivity index (χ2n) is 6.84. The van der Waals surface area contributed by atoms with Crippen LogP contribution in [-0.4, -0.2) is 46.9 Å². The van der Waals surface area contributed by atoms with Crippen LogP contribution in [0.1, 0.15) is 38.2 Å². The van der Waals surface area contributed by atoms with Crippen molar-refractivity contribution in [3.05, 3.63) is 17.7 Å². The Morgan fingerprint density at radius 1 is 1.04 bits per heavy atom. The van der Waals surface area contributed by atoms with Gasteiger partial charge in [0.1, 0.15) is 0 Å². The summed E-state index contributed by atoms with van der Waals surface area (Å²) in [5.74, 6) is 3.73. The van der Waals surface area contributed by atoms with Crippen molar-refractivity contribution >= 4 is 29.9 Å². The molecule has 2 N–H and O–H groups in total. The van der Waals surface area contributed by atoms with Crippen molar-refractivity contribution in [2.45, 2.75) is 45.1 Å². The number of hydrogen-bond donors (Lipinski definition) is 2. The summed E-state index contributed by atoms with van der Waals surface area (Å²) in [7, 11) is 6.72. The summed E-state index contributed by atoms with van der Waals surface area (Å²) in [5.41, 5.74) is 1.07. The maximum Gasteiger partial charge on any atom is 0.203 e. The zero-order valence-corrected chi connectivity index (χ0v) is 19.5. The third-order valence-electron chi connectivity index (χ3n) is 5.05. The molecule has 0 heterocycles. The predicted octanol–water partition coefficient (Wildman–Crippen LogP) is 3.62. The van der Waals surface area contributed by atoms with Crippen LogP contribution in [0.4, 0.5) is 0 Å². The van der Waals surface area contributed by atoms with Crippen LogP contribution in [0, 0.1) is 5.92 Å². The van der Waals surface area contributed by atoms with Crippen LogP contribution in [-0.2, 0) is 6.42 Å². The molecule has 0 aliphatic heterocycles. The van der Waals surface area contributed by atoms with Gasteiger partial charge < -0.3 is 24.8 Å². The molecule has 1 fully saturated rings. The van der Waals surface area contributed by atoms with Gasteiger partial charge in [0.25, 0.3) is 0 Å². The molecule has 1 aromatic rings. The maximum atomic E-state index is 5.55. The van der Waals surface area contributed by atoms with E-state index in [0.717, 1.165) is 36.2 Å². The fourth-order valence-corrected chi connectivity index (χ4v) is 3.47. The van der Waals surface area contributed by atoms with E-state index in [9.17, 15) is 0 Å². The molecule has 0 bridgehead atoms. The number of guanidine groups is 1. The molecular weight excluding hydrogens is 457 g/mol. The molecule has 0 atom stereocenters. The Labute approximate surface area is 180 Å². The molecule has 0 radical (unpaired) electrons. The number of hydrogen-bond acceptors (Lipinski definition) is 4. The Balaban J connectivity index is 0.00000364. The summed E-state index contributed by atoms with van der Waals surface area (Å²) in [5, 5.41) is 6.95. The van der Waals surface area contributed by atoms with E-state index >= 15 is 0 Å². The van der Waals surface area contributed by atoms with Crippen molar-refractivity contribution in [1.82, 2.24) is 10.6 Å². The van der Waals surface area contributed by atoms with Crippen molar-refractivity contribution < 1.29 is 14.2 Å². The van der Waals surface area contributed by atoms with E-state index < -0.39 is 0 Å². The lowest BCUT2D eigenvalue weighted by molar-refractivity contribution is 0.322. The fourth-order valence-electron chi connectivity index (χ4n) is 3.47. The van der Waals surface area contributed by atoms with E-state index in [1.54, 1.807) is 21.3 Å². The van der Waals surface area contributed by atoms with Crippen molar-refractivity contribution in [1.29, 1.82) is 0 Å². The fraction of sp³-hybridized carbons (Fsp3) is 0.650. The Kier molecular flexibility index (Phi) is 10.6. The zero-order chi connectivity index (χ0) is 18.9. The molecule has 0 amide bonds. The van der Waals surface area contributed by atoms with Gasteiger partial charge in [-0.05, 0) is 44.1 Å². The molecule has 2 rings (SSSR count). The third kappa shape index (κ3) is 6.62. The Morgan fingerprint density at radius 3 is 2.26 bits per heavy atom. The lowest BCUT2D eigenvalue weighted by Gasteiger charge is -2.28. The first-order valence-electron chi connectivity index (χ1n) is 9.37. The molecule has 0 spiro atoms. The number of benzene rings is 1. The average molecular weight is 491 g/mol. The van der Waals surface area contributed by atoms with Gasteiger partial charge in [-0.1, -0.05) is 13.0 Å².